The number of carbonyl (C=O) groups excluding carboxylic acids is 2. The predicted octanol–water partition coefficient (Wildman–Crippen LogP) is 3.96. The minimum Gasteiger partial charge on any atom is -0.495 e. The SMILES string of the molecule is CC.COc1cc2c(cc1NC=O)CN(C(=O)OC(C)(C)C)C2.Cn1ccnc1. The quantitative estimate of drug-likeness (QED) is 0.783. The molecule has 1 aromatic heterocycles. The van der Waals surface area contributed by atoms with Crippen LogP contribution >= 0.6 is 0 Å². The van der Waals surface area contributed by atoms with Crippen LogP contribution in [0.1, 0.15) is 45.7 Å². The number of benzene rings is 1. The number of aryl methyl sites for hydroxylation is 1. The largest absolute Gasteiger partial charge is 0.495 e. The summed E-state index contributed by atoms with van der Waals surface area (Å²) in [5, 5.41) is 2.60. The molecule has 1 aromatic carbocycles. The van der Waals surface area contributed by atoms with E-state index in [9.17, 15) is 9.59 Å². The fourth-order valence-electron chi connectivity index (χ4n) is 2.55. The highest BCUT2D eigenvalue weighted by Gasteiger charge is 2.28. The summed E-state index contributed by atoms with van der Waals surface area (Å²) in [5.74, 6) is 0.576. The second-order valence-corrected chi connectivity index (χ2v) is 7.15. The summed E-state index contributed by atoms with van der Waals surface area (Å²) in [4.78, 5) is 28.1. The van der Waals surface area contributed by atoms with Gasteiger partial charge in [0.1, 0.15) is 11.4 Å². The number of fused-ring (bicyclic) bond motifs is 1. The fourth-order valence-corrected chi connectivity index (χ4v) is 2.55. The zero-order chi connectivity index (χ0) is 22.0. The molecule has 0 radical (unpaired) electrons. The van der Waals surface area contributed by atoms with E-state index in [0.717, 1.165) is 11.1 Å². The van der Waals surface area contributed by atoms with Crippen molar-refractivity contribution in [3.8, 4) is 5.75 Å². The number of nitrogens with zero attached hydrogens (tertiary/aromatic N) is 3. The zero-order valence-corrected chi connectivity index (χ0v) is 18.4. The standard InChI is InChI=1S/C15H20N2O4.C4H6N2.C2H6/c1-15(2,3)21-14(19)17-7-10-5-12(16-9-18)13(20-4)6-11(10)8-17;1-6-3-2-5-4-6;1-2/h5-6,9H,7-8H2,1-4H3,(H,16,18);2-4H,1H3;1-2H3. The first kappa shape index (κ1) is 24.0. The van der Waals surface area contributed by atoms with E-state index in [0.29, 0.717) is 30.9 Å². The van der Waals surface area contributed by atoms with Gasteiger partial charge in [-0.3, -0.25) is 9.69 Å². The third-order valence-corrected chi connectivity index (χ3v) is 3.75. The lowest BCUT2D eigenvalue weighted by atomic mass is 10.1. The summed E-state index contributed by atoms with van der Waals surface area (Å²) in [5.41, 5.74) is 2.05. The molecule has 0 bridgehead atoms. The summed E-state index contributed by atoms with van der Waals surface area (Å²) >= 11 is 0. The Bertz CT molecular complexity index is 783. The molecule has 160 valence electrons. The predicted molar refractivity (Wildman–Crippen MR) is 113 cm³/mol. The van der Waals surface area contributed by atoms with Crippen LogP contribution in [0.25, 0.3) is 0 Å². The van der Waals surface area contributed by atoms with E-state index in [1.807, 2.05) is 64.6 Å². The molecule has 3 rings (SSSR count). The molecule has 1 aliphatic heterocycles. The number of aromatic nitrogens is 2. The summed E-state index contributed by atoms with van der Waals surface area (Å²) < 4.78 is 12.5. The first-order chi connectivity index (χ1) is 13.7. The first-order valence-electron chi connectivity index (χ1n) is 9.53. The maximum Gasteiger partial charge on any atom is 0.410 e. The molecule has 0 saturated carbocycles. The Kier molecular flexibility index (Phi) is 9.18. The van der Waals surface area contributed by atoms with Crippen LogP contribution in [0.4, 0.5) is 10.5 Å². The van der Waals surface area contributed by atoms with Crippen molar-refractivity contribution < 1.29 is 19.1 Å². The Balaban J connectivity index is 0.000000442. The second-order valence-electron chi connectivity index (χ2n) is 7.15. The van der Waals surface area contributed by atoms with Gasteiger partial charge >= 0.3 is 6.09 Å². The smallest absolute Gasteiger partial charge is 0.410 e. The van der Waals surface area contributed by atoms with E-state index in [2.05, 4.69) is 10.3 Å². The molecule has 0 fully saturated rings. The Morgan fingerprint density at radius 1 is 1.21 bits per heavy atom. The Hall–Kier alpha value is -3.03. The Labute approximate surface area is 172 Å². The average molecular weight is 405 g/mol. The molecular formula is C21H32N4O4. The Morgan fingerprint density at radius 3 is 2.24 bits per heavy atom. The van der Waals surface area contributed by atoms with Crippen LogP contribution in [-0.4, -0.2) is 39.7 Å². The number of imidazole rings is 1. The van der Waals surface area contributed by atoms with Crippen molar-refractivity contribution in [1.82, 2.24) is 14.5 Å². The lowest BCUT2D eigenvalue weighted by Crippen LogP contribution is -2.33. The molecule has 2 aromatic rings. The van der Waals surface area contributed by atoms with Crippen LogP contribution in [0.15, 0.2) is 30.9 Å². The number of hydrogen-bond donors (Lipinski definition) is 1. The summed E-state index contributed by atoms with van der Waals surface area (Å²) in [6, 6.07) is 3.67. The Morgan fingerprint density at radius 2 is 1.83 bits per heavy atom. The van der Waals surface area contributed by atoms with Crippen molar-refractivity contribution in [2.24, 2.45) is 7.05 Å². The number of nitrogens with one attached hydrogen (secondary N) is 1. The lowest BCUT2D eigenvalue weighted by Gasteiger charge is -2.24. The number of anilines is 1. The van der Waals surface area contributed by atoms with Crippen molar-refractivity contribution in [1.29, 1.82) is 0 Å². The molecule has 8 nitrogen and oxygen atoms in total. The number of methoxy groups -OCH3 is 1. The maximum absolute atomic E-state index is 12.1. The minimum absolute atomic E-state index is 0.345. The number of ether oxygens (including phenoxy) is 2. The summed E-state index contributed by atoms with van der Waals surface area (Å²) in [6.07, 6.45) is 5.65. The van der Waals surface area contributed by atoms with Crippen LogP contribution in [-0.2, 0) is 29.7 Å². The van der Waals surface area contributed by atoms with E-state index < -0.39 is 5.60 Å². The van der Waals surface area contributed by atoms with Crippen LogP contribution < -0.4 is 10.1 Å². The molecule has 0 spiro atoms. The number of amides is 2. The van der Waals surface area contributed by atoms with Gasteiger partial charge in [-0.2, -0.15) is 0 Å². The van der Waals surface area contributed by atoms with E-state index in [1.165, 1.54) is 7.11 Å². The highest BCUT2D eigenvalue weighted by molar-refractivity contribution is 5.77. The van der Waals surface area contributed by atoms with Gasteiger partial charge in [-0.1, -0.05) is 13.8 Å². The molecule has 0 saturated heterocycles. The van der Waals surface area contributed by atoms with Crippen molar-refractivity contribution in [2.75, 3.05) is 12.4 Å². The third-order valence-electron chi connectivity index (χ3n) is 3.75. The number of hydrogen-bond acceptors (Lipinski definition) is 5. The van der Waals surface area contributed by atoms with Gasteiger partial charge in [-0.25, -0.2) is 9.78 Å². The van der Waals surface area contributed by atoms with Gasteiger partial charge < -0.3 is 19.4 Å². The first-order valence-corrected chi connectivity index (χ1v) is 9.53. The van der Waals surface area contributed by atoms with Gasteiger partial charge in [-0.15, -0.1) is 0 Å². The van der Waals surface area contributed by atoms with E-state index in [-0.39, 0.29) is 6.09 Å². The zero-order valence-electron chi connectivity index (χ0n) is 18.4. The van der Waals surface area contributed by atoms with Gasteiger partial charge in [-0.05, 0) is 44.0 Å². The molecule has 2 amide bonds. The number of carbonyl (C=O) groups is 2. The monoisotopic (exact) mass is 404 g/mol. The highest BCUT2D eigenvalue weighted by atomic mass is 16.6. The summed E-state index contributed by atoms with van der Waals surface area (Å²) in [7, 11) is 3.48. The van der Waals surface area contributed by atoms with Crippen molar-refractivity contribution in [2.45, 2.75) is 53.3 Å². The molecule has 0 atom stereocenters. The van der Waals surface area contributed by atoms with E-state index >= 15 is 0 Å². The van der Waals surface area contributed by atoms with Crippen molar-refractivity contribution >= 4 is 18.2 Å². The van der Waals surface area contributed by atoms with Crippen LogP contribution in [0, 0.1) is 0 Å². The van der Waals surface area contributed by atoms with E-state index in [4.69, 9.17) is 9.47 Å². The van der Waals surface area contributed by atoms with Gasteiger partial charge in [0.05, 0.1) is 19.1 Å². The molecule has 1 aliphatic rings. The number of rotatable bonds is 3. The maximum atomic E-state index is 12.1. The normalized spacial score (nSPS) is 11.9. The van der Waals surface area contributed by atoms with Crippen molar-refractivity contribution in [3.63, 3.8) is 0 Å². The topological polar surface area (TPSA) is 85.7 Å². The van der Waals surface area contributed by atoms with Gasteiger partial charge in [0.15, 0.2) is 0 Å². The van der Waals surface area contributed by atoms with Crippen LogP contribution in [0.3, 0.4) is 0 Å². The molecule has 2 heterocycles. The van der Waals surface area contributed by atoms with Gasteiger partial charge in [0.25, 0.3) is 0 Å². The van der Waals surface area contributed by atoms with E-state index in [1.54, 1.807) is 17.4 Å². The summed E-state index contributed by atoms with van der Waals surface area (Å²) in [6.45, 7) is 10.4. The highest BCUT2D eigenvalue weighted by Crippen LogP contribution is 2.33. The molecule has 0 aliphatic carbocycles. The molecule has 0 unspecified atom stereocenters. The second kappa shape index (κ2) is 11.1. The fraction of sp³-hybridized carbons (Fsp3) is 0.476. The van der Waals surface area contributed by atoms with Gasteiger partial charge in [0, 0.05) is 32.5 Å². The lowest BCUT2D eigenvalue weighted by molar-refractivity contribution is -0.105. The molecule has 8 heteroatoms. The minimum atomic E-state index is -0.520. The van der Waals surface area contributed by atoms with Crippen LogP contribution in [0.2, 0.25) is 0 Å². The molecule has 1 N–H and O–H groups in total. The van der Waals surface area contributed by atoms with Crippen molar-refractivity contribution in [3.05, 3.63) is 42.0 Å². The third kappa shape index (κ3) is 7.48. The average Bonchev–Trinajstić information content (AvgIpc) is 3.30. The molecular weight excluding hydrogens is 372 g/mol. The molecule has 29 heavy (non-hydrogen) atoms. The van der Waals surface area contributed by atoms with Crippen LogP contribution in [0.5, 0.6) is 5.75 Å². The van der Waals surface area contributed by atoms with Gasteiger partial charge in [0.2, 0.25) is 6.41 Å².